The maximum Gasteiger partial charge on any atom is 0.329 e. The summed E-state index contributed by atoms with van der Waals surface area (Å²) in [5.74, 6) is -1.71. The van der Waals surface area contributed by atoms with Crippen LogP contribution in [0.3, 0.4) is 0 Å². The first-order chi connectivity index (χ1) is 24.3. The lowest BCUT2D eigenvalue weighted by atomic mass is 9.88. The molecule has 296 valence electrons. The highest BCUT2D eigenvalue weighted by molar-refractivity contribution is 8.00. The highest BCUT2D eigenvalue weighted by Gasteiger charge is 2.40. The standard InChI is InChI=1S/C37H58N4O6S.2C2H6/c1-25(2)22-27-12-14-28(15-13-27)26(3)32(43)39-29(34(45)47-10)24-48-30-23-31(42)41(33(30)44)21-18-38-35(46)37(7,8)17-20-40(9)19-11-16-36(4,5)6;2*1-2/h11-15,19,25-26,29-30H,16-18,20-24H2,1-10H3,(H,38,46)(H,39,43);2*1-2H3/b19-11-;;. The lowest BCUT2D eigenvalue weighted by Gasteiger charge is -2.27. The highest BCUT2D eigenvalue weighted by Crippen LogP contribution is 2.27. The molecule has 0 aliphatic carbocycles. The van der Waals surface area contributed by atoms with Gasteiger partial charge in [-0.2, -0.15) is 0 Å². The Morgan fingerprint density at radius 1 is 1.02 bits per heavy atom. The Morgan fingerprint density at radius 2 is 1.62 bits per heavy atom. The van der Waals surface area contributed by atoms with Crippen LogP contribution in [-0.4, -0.2) is 90.2 Å². The van der Waals surface area contributed by atoms with Crippen LogP contribution in [0.4, 0.5) is 0 Å². The summed E-state index contributed by atoms with van der Waals surface area (Å²) in [7, 11) is 3.23. The van der Waals surface area contributed by atoms with Crippen molar-refractivity contribution in [3.8, 4) is 0 Å². The largest absolute Gasteiger partial charge is 0.467 e. The molecule has 0 bridgehead atoms. The second-order valence-electron chi connectivity index (χ2n) is 15.1. The molecule has 3 unspecified atom stereocenters. The number of hydrogen-bond acceptors (Lipinski definition) is 8. The van der Waals surface area contributed by atoms with E-state index in [-0.39, 0.29) is 54.3 Å². The number of carbonyl (C=O) groups excluding carboxylic acids is 5. The zero-order valence-corrected chi connectivity index (χ0v) is 35.5. The third kappa shape index (κ3) is 17.5. The molecule has 2 N–H and O–H groups in total. The number of rotatable bonds is 18. The zero-order valence-electron chi connectivity index (χ0n) is 34.7. The van der Waals surface area contributed by atoms with Crippen molar-refractivity contribution in [1.29, 1.82) is 0 Å². The second-order valence-corrected chi connectivity index (χ2v) is 16.3. The van der Waals surface area contributed by atoms with Crippen molar-refractivity contribution in [1.82, 2.24) is 20.4 Å². The molecule has 11 heteroatoms. The van der Waals surface area contributed by atoms with Crippen molar-refractivity contribution < 1.29 is 28.7 Å². The molecular weight excluding hydrogens is 677 g/mol. The van der Waals surface area contributed by atoms with E-state index in [2.05, 4.69) is 56.2 Å². The predicted molar refractivity (Wildman–Crippen MR) is 215 cm³/mol. The summed E-state index contributed by atoms with van der Waals surface area (Å²) in [6.45, 7) is 25.3. The fourth-order valence-electron chi connectivity index (χ4n) is 5.15. The number of esters is 1. The molecule has 4 amide bonds. The Kier molecular flexibility index (Phi) is 22.5. The van der Waals surface area contributed by atoms with Crippen molar-refractivity contribution in [2.75, 3.05) is 39.5 Å². The van der Waals surface area contributed by atoms with Gasteiger partial charge in [0.25, 0.3) is 0 Å². The number of allylic oxidation sites excluding steroid dienone is 1. The third-order valence-electron chi connectivity index (χ3n) is 8.40. The van der Waals surface area contributed by atoms with E-state index >= 15 is 0 Å². The Morgan fingerprint density at radius 3 is 2.15 bits per heavy atom. The number of methoxy groups -OCH3 is 1. The number of amides is 4. The van der Waals surface area contributed by atoms with Gasteiger partial charge in [0, 0.05) is 44.3 Å². The van der Waals surface area contributed by atoms with E-state index < -0.39 is 28.6 Å². The monoisotopic (exact) mass is 747 g/mol. The average molecular weight is 747 g/mol. The number of imide groups is 1. The fourth-order valence-corrected chi connectivity index (χ4v) is 6.33. The molecule has 52 heavy (non-hydrogen) atoms. The van der Waals surface area contributed by atoms with Crippen LogP contribution in [0, 0.1) is 16.7 Å². The van der Waals surface area contributed by atoms with E-state index in [0.717, 1.165) is 35.1 Å². The Bertz CT molecular complexity index is 1290. The van der Waals surface area contributed by atoms with Gasteiger partial charge in [-0.25, -0.2) is 4.79 Å². The number of ether oxygens (including phenoxy) is 1. The van der Waals surface area contributed by atoms with E-state index in [1.807, 2.05) is 79.1 Å². The lowest BCUT2D eigenvalue weighted by molar-refractivity contribution is -0.144. The van der Waals surface area contributed by atoms with Gasteiger partial charge in [0.15, 0.2) is 0 Å². The van der Waals surface area contributed by atoms with Crippen LogP contribution in [0.5, 0.6) is 0 Å². The van der Waals surface area contributed by atoms with Gasteiger partial charge in [0.1, 0.15) is 6.04 Å². The van der Waals surface area contributed by atoms with Gasteiger partial charge < -0.3 is 20.3 Å². The number of likely N-dealkylation sites (tertiary alicyclic amines) is 1. The molecule has 1 aliphatic heterocycles. The number of hydrogen-bond donors (Lipinski definition) is 2. The molecular formula is C41H70N4O6S. The van der Waals surface area contributed by atoms with Crippen molar-refractivity contribution in [2.45, 2.75) is 126 Å². The highest BCUT2D eigenvalue weighted by atomic mass is 32.2. The molecule has 0 radical (unpaired) electrons. The summed E-state index contributed by atoms with van der Waals surface area (Å²) in [5, 5.41) is 4.96. The van der Waals surface area contributed by atoms with E-state index in [9.17, 15) is 24.0 Å². The smallest absolute Gasteiger partial charge is 0.329 e. The molecule has 1 heterocycles. The Hall–Kier alpha value is -3.34. The normalized spacial score (nSPS) is 15.7. The number of thioether (sulfide) groups is 1. The van der Waals surface area contributed by atoms with Gasteiger partial charge in [-0.15, -0.1) is 11.8 Å². The summed E-state index contributed by atoms with van der Waals surface area (Å²) in [6.07, 6.45) is 6.72. The molecule has 0 aromatic heterocycles. The van der Waals surface area contributed by atoms with Gasteiger partial charge >= 0.3 is 5.97 Å². The molecule has 1 aliphatic rings. The minimum atomic E-state index is -0.985. The first-order valence-corrected chi connectivity index (χ1v) is 20.0. The van der Waals surface area contributed by atoms with Crippen molar-refractivity contribution in [3.05, 3.63) is 47.7 Å². The zero-order chi connectivity index (χ0) is 40.2. The van der Waals surface area contributed by atoms with Crippen LogP contribution in [-0.2, 0) is 35.1 Å². The SMILES string of the molecule is CC.CC.COC(=O)C(CSC1CC(=O)N(CCNC(=O)C(C)(C)CCN(C)/C=C\CC(C)(C)C)C1=O)NC(=O)C(C)c1ccc(CC(C)C)cc1. The molecule has 1 aromatic carbocycles. The first-order valence-electron chi connectivity index (χ1n) is 18.9. The number of nitrogens with one attached hydrogen (secondary N) is 2. The van der Waals surface area contributed by atoms with Crippen LogP contribution in [0.15, 0.2) is 36.5 Å². The quantitative estimate of drug-likeness (QED) is 0.122. The van der Waals surface area contributed by atoms with Crippen LogP contribution in [0.1, 0.15) is 119 Å². The van der Waals surface area contributed by atoms with Crippen LogP contribution in [0.25, 0.3) is 0 Å². The van der Waals surface area contributed by atoms with Crippen molar-refractivity contribution in [3.63, 3.8) is 0 Å². The number of carbonyl (C=O) groups is 5. The summed E-state index contributed by atoms with van der Waals surface area (Å²) < 4.78 is 4.92. The van der Waals surface area contributed by atoms with Gasteiger partial charge in [0.05, 0.1) is 18.3 Å². The Labute approximate surface area is 319 Å². The van der Waals surface area contributed by atoms with Crippen LogP contribution >= 0.6 is 11.8 Å². The minimum Gasteiger partial charge on any atom is -0.467 e. The maximum absolute atomic E-state index is 13.1. The molecule has 1 fully saturated rings. The fraction of sp³-hybridized carbons (Fsp3) is 0.683. The van der Waals surface area contributed by atoms with Crippen molar-refractivity contribution >= 4 is 41.4 Å². The molecule has 10 nitrogen and oxygen atoms in total. The lowest BCUT2D eigenvalue weighted by Crippen LogP contribution is -2.45. The summed E-state index contributed by atoms with van der Waals surface area (Å²) >= 11 is 1.14. The Balaban J connectivity index is 0.00000627. The van der Waals surface area contributed by atoms with Crippen LogP contribution in [0.2, 0.25) is 0 Å². The van der Waals surface area contributed by atoms with E-state index in [4.69, 9.17) is 4.74 Å². The van der Waals surface area contributed by atoms with Gasteiger partial charge in [-0.3, -0.25) is 24.1 Å². The van der Waals surface area contributed by atoms with Gasteiger partial charge in [-0.05, 0) is 54.8 Å². The average Bonchev–Trinajstić information content (AvgIpc) is 3.37. The number of nitrogens with zero attached hydrogens (tertiary/aromatic N) is 2. The topological polar surface area (TPSA) is 125 Å². The third-order valence-corrected chi connectivity index (χ3v) is 9.70. The molecule has 1 aromatic rings. The van der Waals surface area contributed by atoms with E-state index in [1.54, 1.807) is 6.92 Å². The number of benzene rings is 1. The first kappa shape index (κ1) is 48.7. The van der Waals surface area contributed by atoms with Crippen molar-refractivity contribution in [2.24, 2.45) is 16.7 Å². The van der Waals surface area contributed by atoms with Gasteiger partial charge in [0.2, 0.25) is 23.6 Å². The van der Waals surface area contributed by atoms with E-state index in [0.29, 0.717) is 18.9 Å². The summed E-state index contributed by atoms with van der Waals surface area (Å²) in [4.78, 5) is 67.7. The molecule has 0 saturated carbocycles. The maximum atomic E-state index is 13.1. The van der Waals surface area contributed by atoms with E-state index in [1.165, 1.54) is 12.7 Å². The summed E-state index contributed by atoms with van der Waals surface area (Å²) in [5.41, 5.74) is 1.61. The minimum absolute atomic E-state index is 0.0149. The molecule has 1 saturated heterocycles. The molecule has 0 spiro atoms. The van der Waals surface area contributed by atoms with Gasteiger partial charge in [-0.1, -0.05) is 107 Å². The second kappa shape index (κ2) is 24.1. The molecule has 3 atom stereocenters. The molecule has 2 rings (SSSR count). The predicted octanol–water partition coefficient (Wildman–Crippen LogP) is 6.97. The summed E-state index contributed by atoms with van der Waals surface area (Å²) in [6, 6.07) is 6.90. The van der Waals surface area contributed by atoms with Crippen LogP contribution < -0.4 is 10.6 Å².